The Kier molecular flexibility index (Phi) is 23.2. The van der Waals surface area contributed by atoms with Gasteiger partial charge < -0.3 is 37.2 Å². The van der Waals surface area contributed by atoms with Crippen LogP contribution >= 0.6 is 0 Å². The van der Waals surface area contributed by atoms with Crippen LogP contribution in [-0.4, -0.2) is 29.5 Å². The molecule has 0 amide bonds. The molecule has 7 heteroatoms. The minimum absolute atomic E-state index is 0. The van der Waals surface area contributed by atoms with Crippen LogP contribution in [0.1, 0.15) is 39.1 Å². The summed E-state index contributed by atoms with van der Waals surface area (Å²) in [6.45, 7) is 9.61. The topological polar surface area (TPSA) is 37.6 Å². The maximum atomic E-state index is 4.55. The van der Waals surface area contributed by atoms with Crippen LogP contribution in [0.15, 0.2) is 28.2 Å². The van der Waals surface area contributed by atoms with Crippen LogP contribution in [0, 0.1) is 40.8 Å². The molecule has 0 N–H and O–H groups in total. The van der Waals surface area contributed by atoms with E-state index >= 15 is 0 Å². The number of halogens is 3. The van der Waals surface area contributed by atoms with E-state index in [4.69, 9.17) is 0 Å². The van der Waals surface area contributed by atoms with E-state index in [1.807, 2.05) is 45.9 Å². The zero-order valence-corrected chi connectivity index (χ0v) is 17.6. The monoisotopic (exact) mass is 464 g/mol. The molecule has 0 saturated carbocycles. The SMILES string of the molecule is CCN=C(C)c1cccc(C(C)=NCC)n1.[Cl-].[Cl-].[Cl-].[Nd+3]. The fraction of sp³-hybridized carbons (Fsp3) is 0.462. The molecule has 111 valence electrons. The number of nitrogens with zero attached hydrogens (tertiary/aromatic N) is 3. The van der Waals surface area contributed by atoms with Gasteiger partial charge in [0.15, 0.2) is 0 Å². The Balaban J connectivity index is -0.000000320. The fourth-order valence-corrected chi connectivity index (χ4v) is 1.47. The minimum Gasteiger partial charge on any atom is -1.00 e. The first-order chi connectivity index (χ1) is 7.69. The second-order valence-electron chi connectivity index (χ2n) is 3.53. The van der Waals surface area contributed by atoms with Crippen molar-refractivity contribution in [3.63, 3.8) is 0 Å². The second kappa shape index (κ2) is 16.1. The van der Waals surface area contributed by atoms with Crippen molar-refractivity contribution in [2.75, 3.05) is 13.1 Å². The molecule has 0 bridgehead atoms. The first kappa shape index (κ1) is 28.8. The molecule has 20 heavy (non-hydrogen) atoms. The standard InChI is InChI=1S/C13H19N3.3ClH.Nd/c1-5-14-10(3)12-8-7-9-13(16-12)11(4)15-6-2;;;;/h7-9H,5-6H2,1-4H3;3*1H;/q;;;;+3/p-3. The Morgan fingerprint density at radius 3 is 1.55 bits per heavy atom. The third kappa shape index (κ3) is 9.61. The van der Waals surface area contributed by atoms with E-state index < -0.39 is 0 Å². The molecule has 0 unspecified atom stereocenters. The van der Waals surface area contributed by atoms with Gasteiger partial charge in [0.1, 0.15) is 0 Å². The van der Waals surface area contributed by atoms with Gasteiger partial charge in [0.05, 0.1) is 22.8 Å². The smallest absolute Gasteiger partial charge is 1.00 e. The van der Waals surface area contributed by atoms with Gasteiger partial charge in [0, 0.05) is 13.1 Å². The summed E-state index contributed by atoms with van der Waals surface area (Å²) in [6, 6.07) is 5.97. The summed E-state index contributed by atoms with van der Waals surface area (Å²) >= 11 is 0. The van der Waals surface area contributed by atoms with Crippen molar-refractivity contribution in [2.24, 2.45) is 9.98 Å². The zero-order valence-electron chi connectivity index (χ0n) is 12.1. The summed E-state index contributed by atoms with van der Waals surface area (Å²) in [6.07, 6.45) is 0. The number of hydrogen-bond donors (Lipinski definition) is 0. The first-order valence-electron chi connectivity index (χ1n) is 5.69. The van der Waals surface area contributed by atoms with Crippen molar-refractivity contribution >= 4 is 11.4 Å². The molecule has 0 aliphatic rings. The molecular weight excluding hydrogens is 449 g/mol. The number of aliphatic imine (C=N–C) groups is 2. The minimum atomic E-state index is 0. The molecule has 0 aliphatic heterocycles. The maximum absolute atomic E-state index is 4.55. The van der Waals surface area contributed by atoms with Crippen molar-refractivity contribution in [2.45, 2.75) is 27.7 Å². The molecule has 0 fully saturated rings. The molecule has 1 radical (unpaired) electrons. The van der Waals surface area contributed by atoms with Crippen molar-refractivity contribution in [3.8, 4) is 0 Å². The van der Waals surface area contributed by atoms with Gasteiger partial charge in [-0.1, -0.05) is 6.07 Å². The van der Waals surface area contributed by atoms with Gasteiger partial charge in [-0.25, -0.2) is 4.98 Å². The van der Waals surface area contributed by atoms with Crippen LogP contribution in [-0.2, 0) is 0 Å². The van der Waals surface area contributed by atoms with Crippen molar-refractivity contribution in [1.82, 2.24) is 4.98 Å². The van der Waals surface area contributed by atoms with Crippen LogP contribution < -0.4 is 37.2 Å². The van der Waals surface area contributed by atoms with Gasteiger partial charge in [-0.2, -0.15) is 0 Å². The van der Waals surface area contributed by atoms with E-state index in [2.05, 4.69) is 15.0 Å². The number of aromatic nitrogens is 1. The van der Waals surface area contributed by atoms with Gasteiger partial charge in [-0.3, -0.25) is 9.98 Å². The number of pyridine rings is 1. The van der Waals surface area contributed by atoms with E-state index in [0.717, 1.165) is 35.9 Å². The van der Waals surface area contributed by atoms with Crippen LogP contribution in [0.3, 0.4) is 0 Å². The summed E-state index contributed by atoms with van der Waals surface area (Å²) < 4.78 is 0. The van der Waals surface area contributed by atoms with Crippen LogP contribution in [0.5, 0.6) is 0 Å². The molecule has 1 heterocycles. The Morgan fingerprint density at radius 2 is 1.25 bits per heavy atom. The van der Waals surface area contributed by atoms with Gasteiger partial charge >= 0.3 is 40.8 Å². The fourth-order valence-electron chi connectivity index (χ4n) is 1.47. The first-order valence-corrected chi connectivity index (χ1v) is 5.69. The molecule has 0 saturated heterocycles. The Bertz CT molecular complexity index is 388. The van der Waals surface area contributed by atoms with Gasteiger partial charge in [-0.15, -0.1) is 0 Å². The second-order valence-corrected chi connectivity index (χ2v) is 3.53. The predicted octanol–water partition coefficient (Wildman–Crippen LogP) is -6.25. The van der Waals surface area contributed by atoms with E-state index in [9.17, 15) is 0 Å². The van der Waals surface area contributed by atoms with Crippen molar-refractivity contribution in [1.29, 1.82) is 0 Å². The zero-order chi connectivity index (χ0) is 12.0. The van der Waals surface area contributed by atoms with Crippen molar-refractivity contribution < 1.29 is 78.1 Å². The third-order valence-electron chi connectivity index (χ3n) is 2.28. The van der Waals surface area contributed by atoms with E-state index in [-0.39, 0.29) is 78.1 Å². The van der Waals surface area contributed by atoms with E-state index in [1.165, 1.54) is 0 Å². The van der Waals surface area contributed by atoms with Crippen LogP contribution in [0.25, 0.3) is 0 Å². The summed E-state index contributed by atoms with van der Waals surface area (Å²) in [4.78, 5) is 13.3. The summed E-state index contributed by atoms with van der Waals surface area (Å²) in [5.74, 6) is 0. The summed E-state index contributed by atoms with van der Waals surface area (Å²) in [7, 11) is 0. The quantitative estimate of drug-likeness (QED) is 0.406. The summed E-state index contributed by atoms with van der Waals surface area (Å²) in [5.41, 5.74) is 3.83. The van der Waals surface area contributed by atoms with Crippen LogP contribution in [0.4, 0.5) is 0 Å². The molecule has 1 rings (SSSR count). The predicted molar refractivity (Wildman–Crippen MR) is 69.7 cm³/mol. The van der Waals surface area contributed by atoms with Gasteiger partial charge in [-0.05, 0) is 39.8 Å². The number of hydrogen-bond acceptors (Lipinski definition) is 3. The molecule has 0 atom stereocenters. The molecule has 1 aromatic rings. The average Bonchev–Trinajstić information content (AvgIpc) is 2.30. The Hall–Kier alpha value is 0.711. The maximum Gasteiger partial charge on any atom is 3.00 e. The number of rotatable bonds is 4. The van der Waals surface area contributed by atoms with E-state index in [1.54, 1.807) is 0 Å². The molecule has 1 aromatic heterocycles. The molecule has 0 spiro atoms. The third-order valence-corrected chi connectivity index (χ3v) is 2.28. The van der Waals surface area contributed by atoms with Gasteiger partial charge in [0.25, 0.3) is 0 Å². The Morgan fingerprint density at radius 1 is 0.900 bits per heavy atom. The average molecular weight is 468 g/mol. The molecule has 0 aromatic carbocycles. The Labute approximate surface area is 173 Å². The molecular formula is C13H19Cl3N3Nd. The molecule has 0 aliphatic carbocycles. The normalized spacial score (nSPS) is 10.4. The largest absolute Gasteiger partial charge is 3.00 e. The van der Waals surface area contributed by atoms with Crippen LogP contribution in [0.2, 0.25) is 0 Å². The summed E-state index contributed by atoms with van der Waals surface area (Å²) in [5, 5.41) is 0. The van der Waals surface area contributed by atoms with Crippen molar-refractivity contribution in [3.05, 3.63) is 29.6 Å². The van der Waals surface area contributed by atoms with Gasteiger partial charge in [0.2, 0.25) is 0 Å². The molecule has 3 nitrogen and oxygen atoms in total. The van der Waals surface area contributed by atoms with E-state index in [0.29, 0.717) is 0 Å².